The molecule has 1 fully saturated rings. The third kappa shape index (κ3) is 2.75. The Hall–Kier alpha value is -1.29. The predicted molar refractivity (Wildman–Crippen MR) is 72.3 cm³/mol. The molecule has 18 heavy (non-hydrogen) atoms. The molecule has 2 rings (SSSR count). The molecule has 1 aliphatic heterocycles. The second-order valence-corrected chi connectivity index (χ2v) is 6.18. The van der Waals surface area contributed by atoms with Crippen molar-refractivity contribution in [1.29, 1.82) is 0 Å². The molecule has 0 atom stereocenters. The van der Waals surface area contributed by atoms with Crippen LogP contribution in [0.5, 0.6) is 0 Å². The zero-order valence-corrected chi connectivity index (χ0v) is 11.5. The monoisotopic (exact) mass is 252 g/mol. The minimum atomic E-state index is -0.277. The fourth-order valence-corrected chi connectivity index (χ4v) is 2.75. The lowest BCUT2D eigenvalue weighted by atomic mass is 9.98. The van der Waals surface area contributed by atoms with Crippen molar-refractivity contribution in [3.05, 3.63) is 24.0 Å². The van der Waals surface area contributed by atoms with Gasteiger partial charge in [-0.25, -0.2) is 4.39 Å². The van der Waals surface area contributed by atoms with Crippen LogP contribution in [0.25, 0.3) is 0 Å². The minimum absolute atomic E-state index is 0.263. The van der Waals surface area contributed by atoms with Crippen molar-refractivity contribution in [1.82, 2.24) is 0 Å². The van der Waals surface area contributed by atoms with E-state index in [1.165, 1.54) is 12.1 Å². The molecule has 0 aliphatic carbocycles. The summed E-state index contributed by atoms with van der Waals surface area (Å²) in [5.41, 5.74) is 6.74. The van der Waals surface area contributed by atoms with E-state index in [1.807, 2.05) is 27.7 Å². The molecule has 0 saturated carbocycles. The quantitative estimate of drug-likeness (QED) is 0.781. The number of morpholine rings is 1. The Bertz CT molecular complexity index is 441. The van der Waals surface area contributed by atoms with Crippen LogP contribution in [0.2, 0.25) is 0 Å². The number of nitrogens with zero attached hydrogens (tertiary/aromatic N) is 1. The fraction of sp³-hybridized carbons (Fsp3) is 0.571. The van der Waals surface area contributed by atoms with Crippen LogP contribution in [-0.2, 0) is 4.74 Å². The second-order valence-electron chi connectivity index (χ2n) is 6.18. The highest BCUT2D eigenvalue weighted by Gasteiger charge is 2.38. The average Bonchev–Trinajstić information content (AvgIpc) is 2.17. The van der Waals surface area contributed by atoms with E-state index >= 15 is 0 Å². The Morgan fingerprint density at radius 1 is 1.17 bits per heavy atom. The molecule has 1 aliphatic rings. The van der Waals surface area contributed by atoms with Crippen LogP contribution < -0.4 is 10.6 Å². The predicted octanol–water partition coefficient (Wildman–Crippen LogP) is 2.80. The molecule has 0 aromatic heterocycles. The molecule has 3 nitrogen and oxygen atoms in total. The Morgan fingerprint density at radius 3 is 2.28 bits per heavy atom. The maximum Gasteiger partial charge on any atom is 0.125 e. The number of halogens is 1. The van der Waals surface area contributed by atoms with Crippen molar-refractivity contribution < 1.29 is 9.13 Å². The number of rotatable bonds is 1. The first kappa shape index (κ1) is 13.1. The van der Waals surface area contributed by atoms with Gasteiger partial charge in [0.1, 0.15) is 5.82 Å². The number of anilines is 2. The highest BCUT2D eigenvalue weighted by atomic mass is 19.1. The van der Waals surface area contributed by atoms with Gasteiger partial charge in [-0.3, -0.25) is 0 Å². The smallest absolute Gasteiger partial charge is 0.125 e. The van der Waals surface area contributed by atoms with E-state index in [0.29, 0.717) is 18.8 Å². The summed E-state index contributed by atoms with van der Waals surface area (Å²) in [6.07, 6.45) is 0. The van der Waals surface area contributed by atoms with E-state index in [-0.39, 0.29) is 17.0 Å². The molecular formula is C14H21FN2O. The van der Waals surface area contributed by atoms with Gasteiger partial charge in [0.05, 0.1) is 22.6 Å². The van der Waals surface area contributed by atoms with Gasteiger partial charge in [-0.05, 0) is 45.9 Å². The second kappa shape index (κ2) is 4.12. The molecule has 1 saturated heterocycles. The molecular weight excluding hydrogens is 231 g/mol. The maximum absolute atomic E-state index is 13.4. The number of ether oxygens (including phenoxy) is 1. The normalized spacial score (nSPS) is 21.9. The van der Waals surface area contributed by atoms with Crippen molar-refractivity contribution in [2.24, 2.45) is 0 Å². The van der Waals surface area contributed by atoms with E-state index in [9.17, 15) is 4.39 Å². The van der Waals surface area contributed by atoms with Gasteiger partial charge in [0.15, 0.2) is 0 Å². The van der Waals surface area contributed by atoms with E-state index in [4.69, 9.17) is 10.5 Å². The Morgan fingerprint density at radius 2 is 1.72 bits per heavy atom. The number of benzene rings is 1. The lowest BCUT2D eigenvalue weighted by Gasteiger charge is -2.48. The topological polar surface area (TPSA) is 38.5 Å². The first-order valence-corrected chi connectivity index (χ1v) is 6.19. The Kier molecular flexibility index (Phi) is 3.01. The van der Waals surface area contributed by atoms with E-state index in [1.54, 1.807) is 6.07 Å². The molecule has 0 bridgehead atoms. The molecule has 0 unspecified atom stereocenters. The zero-order chi connectivity index (χ0) is 13.6. The molecule has 4 heteroatoms. The summed E-state index contributed by atoms with van der Waals surface area (Å²) >= 11 is 0. The highest BCUT2D eigenvalue weighted by molar-refractivity contribution is 5.68. The lowest BCUT2D eigenvalue weighted by Crippen LogP contribution is -2.57. The molecule has 1 aromatic rings. The Labute approximate surface area is 108 Å². The summed E-state index contributed by atoms with van der Waals surface area (Å²) in [7, 11) is 0. The summed E-state index contributed by atoms with van der Waals surface area (Å²) in [5, 5.41) is 0. The molecule has 0 amide bonds. The Balaban J connectivity index is 2.35. The van der Waals surface area contributed by atoms with Gasteiger partial charge in [-0.1, -0.05) is 0 Å². The van der Waals surface area contributed by atoms with Gasteiger partial charge in [0, 0.05) is 13.1 Å². The van der Waals surface area contributed by atoms with Crippen molar-refractivity contribution in [3.8, 4) is 0 Å². The maximum atomic E-state index is 13.4. The number of hydrogen-bond donors (Lipinski definition) is 1. The minimum Gasteiger partial charge on any atom is -0.397 e. The van der Waals surface area contributed by atoms with Crippen LogP contribution in [-0.4, -0.2) is 24.3 Å². The van der Waals surface area contributed by atoms with Crippen molar-refractivity contribution in [2.75, 3.05) is 23.7 Å². The molecule has 1 heterocycles. The van der Waals surface area contributed by atoms with Gasteiger partial charge in [0.2, 0.25) is 0 Å². The van der Waals surface area contributed by atoms with Crippen LogP contribution in [0.1, 0.15) is 27.7 Å². The number of nitrogens with two attached hydrogens (primary N) is 1. The number of hydrogen-bond acceptors (Lipinski definition) is 3. The van der Waals surface area contributed by atoms with Gasteiger partial charge in [-0.2, -0.15) is 0 Å². The highest BCUT2D eigenvalue weighted by Crippen LogP contribution is 2.34. The van der Waals surface area contributed by atoms with Gasteiger partial charge in [0.25, 0.3) is 0 Å². The van der Waals surface area contributed by atoms with Gasteiger partial charge >= 0.3 is 0 Å². The van der Waals surface area contributed by atoms with Crippen LogP contribution in [0.4, 0.5) is 15.8 Å². The molecule has 0 spiro atoms. The van der Waals surface area contributed by atoms with Crippen molar-refractivity contribution >= 4 is 11.4 Å². The van der Waals surface area contributed by atoms with E-state index in [2.05, 4.69) is 4.90 Å². The summed E-state index contributed by atoms with van der Waals surface area (Å²) in [6.45, 7) is 9.55. The van der Waals surface area contributed by atoms with Crippen LogP contribution in [0.15, 0.2) is 18.2 Å². The SMILES string of the molecule is CC1(C)CN(c2cc(F)ccc2N)CC(C)(C)O1. The summed E-state index contributed by atoms with van der Waals surface area (Å²) in [5.74, 6) is -0.263. The van der Waals surface area contributed by atoms with Gasteiger partial charge < -0.3 is 15.4 Å². The first-order chi connectivity index (χ1) is 8.19. The van der Waals surface area contributed by atoms with Crippen LogP contribution >= 0.6 is 0 Å². The van der Waals surface area contributed by atoms with E-state index < -0.39 is 0 Å². The lowest BCUT2D eigenvalue weighted by molar-refractivity contribution is -0.133. The first-order valence-electron chi connectivity index (χ1n) is 6.19. The molecule has 0 radical (unpaired) electrons. The summed E-state index contributed by atoms with van der Waals surface area (Å²) in [4.78, 5) is 2.10. The average molecular weight is 252 g/mol. The van der Waals surface area contributed by atoms with Gasteiger partial charge in [-0.15, -0.1) is 0 Å². The standard InChI is InChI=1S/C14H21FN2O/c1-13(2)8-17(9-14(3,4)18-13)12-7-10(15)5-6-11(12)16/h5-7H,8-9,16H2,1-4H3. The number of nitrogen functional groups attached to an aromatic ring is 1. The van der Waals surface area contributed by atoms with Crippen molar-refractivity contribution in [2.45, 2.75) is 38.9 Å². The summed E-state index contributed by atoms with van der Waals surface area (Å²) < 4.78 is 19.4. The van der Waals surface area contributed by atoms with E-state index in [0.717, 1.165) is 5.69 Å². The van der Waals surface area contributed by atoms with Crippen LogP contribution in [0, 0.1) is 5.82 Å². The zero-order valence-electron chi connectivity index (χ0n) is 11.5. The largest absolute Gasteiger partial charge is 0.397 e. The third-order valence-electron chi connectivity index (χ3n) is 3.03. The molecule has 2 N–H and O–H groups in total. The fourth-order valence-electron chi connectivity index (χ4n) is 2.75. The van der Waals surface area contributed by atoms with Crippen LogP contribution in [0.3, 0.4) is 0 Å². The molecule has 100 valence electrons. The molecule has 1 aromatic carbocycles. The van der Waals surface area contributed by atoms with Crippen molar-refractivity contribution in [3.63, 3.8) is 0 Å². The third-order valence-corrected chi connectivity index (χ3v) is 3.03. The summed E-state index contributed by atoms with van der Waals surface area (Å²) in [6, 6.07) is 4.49.